The number of aryl methyl sites for hydroxylation is 1. The van der Waals surface area contributed by atoms with E-state index in [2.05, 4.69) is 10.3 Å². The zero-order valence-electron chi connectivity index (χ0n) is 29.0. The topological polar surface area (TPSA) is 136 Å². The zero-order chi connectivity index (χ0) is 35.2. The molecular weight excluding hydrogens is 651 g/mol. The summed E-state index contributed by atoms with van der Waals surface area (Å²) < 4.78 is 29.4. The Bertz CT molecular complexity index is 1600. The van der Waals surface area contributed by atoms with E-state index in [4.69, 9.17) is 4.94 Å². The lowest BCUT2D eigenvalue weighted by Crippen LogP contribution is -2.56. The summed E-state index contributed by atoms with van der Waals surface area (Å²) in [4.78, 5) is 24.7. The summed E-state index contributed by atoms with van der Waals surface area (Å²) in [7, 11) is -4.06. The molecule has 1 aliphatic rings. The number of hydrogen-bond acceptors (Lipinski definition) is 10. The molecule has 0 saturated carbocycles. The van der Waals surface area contributed by atoms with Crippen LogP contribution in [0.2, 0.25) is 0 Å². The number of aromatic hydroxyl groups is 1. The lowest BCUT2D eigenvalue weighted by Gasteiger charge is -2.33. The summed E-state index contributed by atoms with van der Waals surface area (Å²) in [5.74, 6) is -0.525. The Morgan fingerprint density at radius 3 is 2.38 bits per heavy atom. The number of rotatable bonds is 16. The van der Waals surface area contributed by atoms with Crippen molar-refractivity contribution in [2.24, 2.45) is 11.8 Å². The van der Waals surface area contributed by atoms with Crippen LogP contribution in [0.15, 0.2) is 58.8 Å². The van der Waals surface area contributed by atoms with Crippen molar-refractivity contribution < 1.29 is 28.4 Å². The maximum atomic E-state index is 14.0. The number of hydrogen-bond donors (Lipinski definition) is 3. The minimum atomic E-state index is -4.06. The Hall–Kier alpha value is -2.91. The molecule has 4 rings (SSSR count). The first kappa shape index (κ1) is 37.9. The molecule has 264 valence electrons. The number of aliphatic hydroxyl groups is 1. The van der Waals surface area contributed by atoms with Crippen LogP contribution in [0.25, 0.3) is 0 Å². The van der Waals surface area contributed by atoms with Crippen molar-refractivity contribution in [3.63, 3.8) is 0 Å². The lowest BCUT2D eigenvalue weighted by atomic mass is 9.98. The fourth-order valence-corrected chi connectivity index (χ4v) is 8.16. The van der Waals surface area contributed by atoms with Crippen molar-refractivity contribution in [3.8, 4) is 5.75 Å². The summed E-state index contributed by atoms with van der Waals surface area (Å²) in [6.07, 6.45) is -0.942. The van der Waals surface area contributed by atoms with Gasteiger partial charge in [0.2, 0.25) is 15.9 Å². The van der Waals surface area contributed by atoms with Gasteiger partial charge in [-0.2, -0.15) is 14.4 Å². The van der Waals surface area contributed by atoms with Crippen LogP contribution in [-0.4, -0.2) is 88.3 Å². The molecule has 0 unspecified atom stereocenters. The molecule has 13 heteroatoms. The predicted molar refractivity (Wildman–Crippen MR) is 188 cm³/mol. The smallest absolute Gasteiger partial charge is 0.243 e. The van der Waals surface area contributed by atoms with Crippen molar-refractivity contribution in [2.45, 2.75) is 90.4 Å². The fraction of sp³-hybridized carbons (Fsp3) is 0.543. The maximum absolute atomic E-state index is 14.0. The van der Waals surface area contributed by atoms with Gasteiger partial charge in [-0.1, -0.05) is 71.9 Å². The van der Waals surface area contributed by atoms with Gasteiger partial charge >= 0.3 is 0 Å². The highest BCUT2D eigenvalue weighted by Gasteiger charge is 2.38. The molecule has 48 heavy (non-hydrogen) atoms. The highest BCUT2D eigenvalue weighted by molar-refractivity contribution is 7.89. The Kier molecular flexibility index (Phi) is 13.2. The van der Waals surface area contributed by atoms with E-state index < -0.39 is 28.2 Å². The molecule has 0 radical (unpaired) electrons. The van der Waals surface area contributed by atoms with E-state index in [-0.39, 0.29) is 47.4 Å². The van der Waals surface area contributed by atoms with E-state index in [1.807, 2.05) is 84.2 Å². The van der Waals surface area contributed by atoms with Crippen LogP contribution in [0, 0.1) is 18.8 Å². The molecule has 1 fully saturated rings. The molecule has 1 amide bonds. The largest absolute Gasteiger partial charge is 0.508 e. The summed E-state index contributed by atoms with van der Waals surface area (Å²) in [6.45, 7) is 15.0. The molecule has 3 aromatic rings. The number of carbonyl (C=O) groups excluding carboxylic acids is 1. The van der Waals surface area contributed by atoms with Gasteiger partial charge in [-0.25, -0.2) is 18.3 Å². The van der Waals surface area contributed by atoms with Gasteiger partial charge in [0.1, 0.15) is 11.8 Å². The van der Waals surface area contributed by atoms with Crippen LogP contribution in [0.4, 0.5) is 0 Å². The molecule has 1 aromatic heterocycles. The number of thiazole rings is 1. The third-order valence-corrected chi connectivity index (χ3v) is 11.0. The Labute approximate surface area is 289 Å². The third kappa shape index (κ3) is 9.84. The van der Waals surface area contributed by atoms with E-state index >= 15 is 0 Å². The molecule has 0 aliphatic carbocycles. The Morgan fingerprint density at radius 2 is 1.77 bits per heavy atom. The van der Waals surface area contributed by atoms with Crippen LogP contribution >= 0.6 is 11.3 Å². The SMILES string of the molecule is Cc1nc(CN2CCN([C@H](C(=O)N[C@@H](Cc3ccccc3)[C@H](O)CN(CC(C)C)S(=O)(=O)c3ccc(O)c(C(C)C)c3)C(C)C)O2)cs1. The van der Waals surface area contributed by atoms with E-state index in [0.717, 1.165) is 16.3 Å². The summed E-state index contributed by atoms with van der Waals surface area (Å²) in [6, 6.07) is 12.3. The molecule has 2 aromatic carbocycles. The van der Waals surface area contributed by atoms with Gasteiger partial charge in [0.15, 0.2) is 0 Å². The van der Waals surface area contributed by atoms with Crippen LogP contribution in [0.5, 0.6) is 5.75 Å². The first-order valence-corrected chi connectivity index (χ1v) is 18.9. The number of aromatic nitrogens is 1. The van der Waals surface area contributed by atoms with Gasteiger partial charge < -0.3 is 15.5 Å². The first-order valence-electron chi connectivity index (χ1n) is 16.6. The number of carbonyl (C=O) groups is 1. The van der Waals surface area contributed by atoms with Crippen molar-refractivity contribution >= 4 is 27.3 Å². The third-order valence-electron chi connectivity index (χ3n) is 8.31. The van der Waals surface area contributed by atoms with Crippen LogP contribution in [0.3, 0.4) is 0 Å². The van der Waals surface area contributed by atoms with Gasteiger partial charge in [0.25, 0.3) is 0 Å². The molecule has 3 atom stereocenters. The van der Waals surface area contributed by atoms with Crippen molar-refractivity contribution in [1.82, 2.24) is 24.7 Å². The van der Waals surface area contributed by atoms with Gasteiger partial charge in [-0.15, -0.1) is 11.3 Å². The zero-order valence-corrected chi connectivity index (χ0v) is 30.7. The second-order valence-corrected chi connectivity index (χ2v) is 16.6. The monoisotopic (exact) mass is 701 g/mol. The summed E-state index contributed by atoms with van der Waals surface area (Å²) >= 11 is 1.58. The van der Waals surface area contributed by atoms with E-state index in [1.165, 1.54) is 22.5 Å². The quantitative estimate of drug-likeness (QED) is 0.194. The molecule has 3 N–H and O–H groups in total. The van der Waals surface area contributed by atoms with Crippen LogP contribution < -0.4 is 5.32 Å². The number of amides is 1. The van der Waals surface area contributed by atoms with Gasteiger partial charge in [0.05, 0.1) is 34.3 Å². The fourth-order valence-electron chi connectivity index (χ4n) is 5.90. The van der Waals surface area contributed by atoms with E-state index in [9.17, 15) is 23.4 Å². The number of aliphatic hydroxyl groups excluding tert-OH is 1. The average Bonchev–Trinajstić information content (AvgIpc) is 3.64. The minimum absolute atomic E-state index is 0.0352. The van der Waals surface area contributed by atoms with Gasteiger partial charge in [-0.05, 0) is 60.4 Å². The molecule has 0 bridgehead atoms. The van der Waals surface area contributed by atoms with Crippen molar-refractivity contribution in [2.75, 3.05) is 26.2 Å². The van der Waals surface area contributed by atoms with E-state index in [0.29, 0.717) is 31.6 Å². The first-order chi connectivity index (χ1) is 22.6. The number of nitrogens with zero attached hydrogens (tertiary/aromatic N) is 4. The average molecular weight is 702 g/mol. The normalized spacial score (nSPS) is 16.7. The van der Waals surface area contributed by atoms with Crippen LogP contribution in [-0.2, 0) is 32.7 Å². The molecule has 2 heterocycles. The molecule has 0 spiro atoms. The number of hydroxylamine groups is 4. The number of nitrogens with one attached hydrogen (secondary N) is 1. The molecule has 1 aliphatic heterocycles. The molecule has 1 saturated heterocycles. The second kappa shape index (κ2) is 16.7. The standard InChI is InChI=1S/C35H51N5O6S2/c1-23(2)19-39(48(44,45)29-13-14-32(41)30(18-29)24(3)4)21-33(42)31(17-27-11-9-8-10-12-27)37-35(43)34(25(5)6)40-16-15-38(46-40)20-28-22-47-26(7)36-28/h8-14,18,22-25,31,33-34,41-42H,15-17,19-21H2,1-7H3,(H,37,43)/t31-,33+,34-/m0/s1. The minimum Gasteiger partial charge on any atom is -0.508 e. The number of sulfonamides is 1. The van der Waals surface area contributed by atoms with E-state index in [1.54, 1.807) is 21.5 Å². The summed E-state index contributed by atoms with van der Waals surface area (Å²) in [5, 5.41) is 31.6. The van der Waals surface area contributed by atoms with Gasteiger partial charge in [0, 0.05) is 31.6 Å². The lowest BCUT2D eigenvalue weighted by molar-refractivity contribution is -0.290. The van der Waals surface area contributed by atoms with Crippen LogP contribution in [0.1, 0.15) is 69.3 Å². The maximum Gasteiger partial charge on any atom is 0.243 e. The number of phenols is 1. The Balaban J connectivity index is 1.57. The molecular formula is C35H51N5O6S2. The van der Waals surface area contributed by atoms with Gasteiger partial charge in [-0.3, -0.25) is 4.79 Å². The second-order valence-electron chi connectivity index (χ2n) is 13.6. The van der Waals surface area contributed by atoms with Crippen molar-refractivity contribution in [3.05, 3.63) is 75.7 Å². The molecule has 11 nitrogen and oxygen atoms in total. The Morgan fingerprint density at radius 1 is 1.06 bits per heavy atom. The number of phenolic OH excluding ortho intramolecular Hbond substituents is 1. The number of benzene rings is 2. The van der Waals surface area contributed by atoms with Crippen molar-refractivity contribution in [1.29, 1.82) is 0 Å². The highest BCUT2D eigenvalue weighted by atomic mass is 32.2. The highest BCUT2D eigenvalue weighted by Crippen LogP contribution is 2.30. The summed E-state index contributed by atoms with van der Waals surface area (Å²) in [5.41, 5.74) is 2.33. The predicted octanol–water partition coefficient (Wildman–Crippen LogP) is 4.70.